The van der Waals surface area contributed by atoms with Crippen LogP contribution in [0, 0.1) is 0 Å². The zero-order valence-electron chi connectivity index (χ0n) is 22.3. The Kier molecular flexibility index (Phi) is 15.7. The molecule has 0 bridgehead atoms. The van der Waals surface area contributed by atoms with E-state index in [1.807, 2.05) is 0 Å². The van der Waals surface area contributed by atoms with Crippen LogP contribution >= 0.6 is 0 Å². The molecule has 0 saturated carbocycles. The predicted octanol–water partition coefficient (Wildman–Crippen LogP) is 0.586. The molecule has 1 unspecified atom stereocenters. The number of hydrogen-bond donors (Lipinski definition) is 0. The molecule has 180 valence electrons. The summed E-state index contributed by atoms with van der Waals surface area (Å²) in [5.41, 5.74) is 2.71. The van der Waals surface area contributed by atoms with Crippen LogP contribution in [0.2, 0.25) is 0 Å². The minimum absolute atomic E-state index is 0. The van der Waals surface area contributed by atoms with Crippen LogP contribution in [0.3, 0.4) is 0 Å². The minimum Gasteiger partial charge on any atom is -0.655 e. The third-order valence-electron chi connectivity index (χ3n) is 7.14. The maximum atomic E-state index is 5.16. The number of hydrogen-bond acceptors (Lipinski definition) is 2. The summed E-state index contributed by atoms with van der Waals surface area (Å²) < 4.78 is 0. The molecule has 2 aromatic carbocycles. The van der Waals surface area contributed by atoms with Crippen LogP contribution in [-0.2, 0) is 0 Å². The van der Waals surface area contributed by atoms with Crippen molar-refractivity contribution in [3.05, 3.63) is 82.4 Å². The molecule has 0 amide bonds. The molecule has 0 radical (unpaired) electrons. The van der Waals surface area contributed by atoms with Crippen molar-refractivity contribution in [1.82, 2.24) is 9.80 Å². The Morgan fingerprint density at radius 2 is 0.914 bits per heavy atom. The molecule has 4 rings (SSSR count). The SMILES string of the molecule is [Li+].[Li+].c1ccc(C(CN2CCCCC2)[N-]CCC[N-][C@@H](CN2CCCCC2)c2ccccc2)cc1. The maximum Gasteiger partial charge on any atom is 1.00 e. The topological polar surface area (TPSA) is 34.7 Å². The number of nitrogens with zero attached hydrogens (tertiary/aromatic N) is 4. The fourth-order valence-electron chi connectivity index (χ4n) is 5.23. The minimum atomic E-state index is 0. The van der Waals surface area contributed by atoms with Gasteiger partial charge in [-0.3, -0.25) is 0 Å². The third-order valence-corrected chi connectivity index (χ3v) is 7.14. The molecule has 0 N–H and O–H groups in total. The van der Waals surface area contributed by atoms with Crippen molar-refractivity contribution in [2.75, 3.05) is 52.4 Å². The summed E-state index contributed by atoms with van der Waals surface area (Å²) in [6.07, 6.45) is 9.12. The van der Waals surface area contributed by atoms with Crippen molar-refractivity contribution in [1.29, 1.82) is 0 Å². The zero-order chi connectivity index (χ0) is 22.6. The number of rotatable bonds is 12. The van der Waals surface area contributed by atoms with Crippen molar-refractivity contribution in [2.45, 2.75) is 57.0 Å². The van der Waals surface area contributed by atoms with E-state index in [0.717, 1.165) is 32.6 Å². The van der Waals surface area contributed by atoms with Gasteiger partial charge in [0, 0.05) is 0 Å². The average molecular weight is 461 g/mol. The van der Waals surface area contributed by atoms with Gasteiger partial charge in [-0.2, -0.15) is 13.1 Å². The van der Waals surface area contributed by atoms with E-state index in [1.54, 1.807) is 0 Å². The van der Waals surface area contributed by atoms with Crippen molar-refractivity contribution >= 4 is 0 Å². The largest absolute Gasteiger partial charge is 1.00 e. The summed E-state index contributed by atoms with van der Waals surface area (Å²) in [6.45, 7) is 8.80. The average Bonchev–Trinajstić information content (AvgIpc) is 2.89. The fourth-order valence-corrected chi connectivity index (χ4v) is 5.23. The van der Waals surface area contributed by atoms with Crippen LogP contribution < -0.4 is 37.7 Å². The second-order valence-electron chi connectivity index (χ2n) is 9.74. The summed E-state index contributed by atoms with van der Waals surface area (Å²) in [7, 11) is 0. The van der Waals surface area contributed by atoms with Crippen LogP contribution in [0.25, 0.3) is 10.6 Å². The Morgan fingerprint density at radius 1 is 0.543 bits per heavy atom. The van der Waals surface area contributed by atoms with Gasteiger partial charge >= 0.3 is 37.7 Å². The summed E-state index contributed by atoms with van der Waals surface area (Å²) >= 11 is 0. The third kappa shape index (κ3) is 10.8. The Hall–Kier alpha value is -0.525. The first-order valence-corrected chi connectivity index (χ1v) is 13.3. The molecule has 2 aliphatic heterocycles. The van der Waals surface area contributed by atoms with Crippen molar-refractivity contribution in [2.24, 2.45) is 0 Å². The molecule has 4 nitrogen and oxygen atoms in total. The molecule has 0 aliphatic carbocycles. The normalized spacial score (nSPS) is 18.7. The van der Waals surface area contributed by atoms with Crippen LogP contribution in [0.15, 0.2) is 60.7 Å². The van der Waals surface area contributed by atoms with Gasteiger partial charge in [0.25, 0.3) is 0 Å². The second kappa shape index (κ2) is 17.8. The number of piperidine rings is 2. The molecule has 2 saturated heterocycles. The molecule has 2 heterocycles. The van der Waals surface area contributed by atoms with Gasteiger partial charge in [-0.25, -0.2) is 0 Å². The molecule has 0 aromatic heterocycles. The van der Waals surface area contributed by atoms with Gasteiger partial charge in [-0.05, 0) is 65.0 Å². The van der Waals surface area contributed by atoms with Gasteiger partial charge in [-0.15, -0.1) is 0 Å². The van der Waals surface area contributed by atoms with Crippen LogP contribution in [0.5, 0.6) is 0 Å². The molecule has 2 atom stereocenters. The van der Waals surface area contributed by atoms with Gasteiger partial charge in [-0.1, -0.05) is 103 Å². The Bertz CT molecular complexity index is 699. The summed E-state index contributed by atoms with van der Waals surface area (Å²) in [4.78, 5) is 5.22. The van der Waals surface area contributed by atoms with E-state index >= 15 is 0 Å². The summed E-state index contributed by atoms with van der Waals surface area (Å²) in [5, 5.41) is 10.3. The monoisotopic (exact) mass is 460 g/mol. The maximum absolute atomic E-state index is 5.16. The fraction of sp³-hybridized carbons (Fsp3) is 0.586. The summed E-state index contributed by atoms with van der Waals surface area (Å²) in [6, 6.07) is 22.3. The molecule has 2 aliphatic rings. The standard InChI is InChI=1S/C29H42N4.2Li/c1-5-14-26(15-6-1)28(24-32-20-9-3-10-21-32)30-18-13-19-31-29(27-16-7-2-8-17-27)25-33-22-11-4-12-23-33;;/h1-2,5-8,14-17,28-29H,3-4,9-13,18-25H2;;/q-2;2*+1/t28-,29?;;/m0../s1. The van der Waals surface area contributed by atoms with Crippen LogP contribution in [0.4, 0.5) is 0 Å². The van der Waals surface area contributed by atoms with Crippen LogP contribution in [-0.4, -0.2) is 62.2 Å². The van der Waals surface area contributed by atoms with Crippen molar-refractivity contribution < 1.29 is 37.7 Å². The smallest absolute Gasteiger partial charge is 0.655 e. The quantitative estimate of drug-likeness (QED) is 0.343. The first kappa shape index (κ1) is 30.7. The zero-order valence-corrected chi connectivity index (χ0v) is 22.3. The van der Waals surface area contributed by atoms with Crippen molar-refractivity contribution in [3.8, 4) is 0 Å². The van der Waals surface area contributed by atoms with E-state index in [2.05, 4.69) is 70.5 Å². The van der Waals surface area contributed by atoms with E-state index in [4.69, 9.17) is 10.6 Å². The first-order chi connectivity index (χ1) is 16.4. The van der Waals surface area contributed by atoms with E-state index in [9.17, 15) is 0 Å². The molecule has 2 fully saturated rings. The molecule has 6 heteroatoms. The second-order valence-corrected chi connectivity index (χ2v) is 9.74. The van der Waals surface area contributed by atoms with Crippen LogP contribution in [0.1, 0.15) is 68.2 Å². The summed E-state index contributed by atoms with van der Waals surface area (Å²) in [5.74, 6) is 0. The van der Waals surface area contributed by atoms with Gasteiger partial charge in [0.1, 0.15) is 0 Å². The van der Waals surface area contributed by atoms with Crippen molar-refractivity contribution in [3.63, 3.8) is 0 Å². The molecule has 0 spiro atoms. The number of benzene rings is 2. The van der Waals surface area contributed by atoms with Gasteiger partial charge in [0.2, 0.25) is 0 Å². The number of likely N-dealkylation sites (tertiary alicyclic amines) is 2. The van der Waals surface area contributed by atoms with E-state index < -0.39 is 0 Å². The predicted molar refractivity (Wildman–Crippen MR) is 140 cm³/mol. The Morgan fingerprint density at radius 3 is 1.29 bits per heavy atom. The van der Waals surface area contributed by atoms with E-state index in [0.29, 0.717) is 0 Å². The van der Waals surface area contributed by atoms with E-state index in [1.165, 1.54) is 75.8 Å². The Labute approximate surface area is 238 Å². The van der Waals surface area contributed by atoms with Gasteiger partial charge < -0.3 is 20.4 Å². The molecule has 35 heavy (non-hydrogen) atoms. The Balaban J connectivity index is 0.00000216. The van der Waals surface area contributed by atoms with E-state index in [-0.39, 0.29) is 49.8 Å². The molecule has 2 aromatic rings. The van der Waals surface area contributed by atoms with Gasteiger partial charge in [0.15, 0.2) is 0 Å². The molecular weight excluding hydrogens is 418 g/mol. The molecular formula is C29H42Li2N4. The van der Waals surface area contributed by atoms with Gasteiger partial charge in [0.05, 0.1) is 0 Å². The first-order valence-electron chi connectivity index (χ1n) is 13.3.